The average molecular weight is 370 g/mol. The number of imidazole rings is 1. The maximum absolute atomic E-state index is 13.2. The van der Waals surface area contributed by atoms with E-state index >= 15 is 0 Å². The summed E-state index contributed by atoms with van der Waals surface area (Å²) < 4.78 is 3.38. The number of fused-ring (bicyclic) bond motifs is 4. The van der Waals surface area contributed by atoms with E-state index in [1.165, 1.54) is 6.07 Å². The zero-order valence-corrected chi connectivity index (χ0v) is 14.9. The third-order valence-electron chi connectivity index (χ3n) is 5.04. The predicted molar refractivity (Wildman–Crippen MR) is 107 cm³/mol. The molecule has 5 aromatic rings. The summed E-state index contributed by atoms with van der Waals surface area (Å²) in [6.45, 7) is 1.71. The summed E-state index contributed by atoms with van der Waals surface area (Å²) >= 11 is 0. The second-order valence-electron chi connectivity index (χ2n) is 6.57. The topological polar surface area (TPSA) is 82.4 Å². The molecule has 136 valence electrons. The van der Waals surface area contributed by atoms with Gasteiger partial charge in [-0.15, -0.1) is 0 Å². The zero-order valence-electron chi connectivity index (χ0n) is 14.9. The lowest BCUT2D eigenvalue weighted by molar-refractivity contribution is -0.385. The van der Waals surface area contributed by atoms with Gasteiger partial charge in [0.2, 0.25) is 5.78 Å². The molecule has 2 heterocycles. The van der Waals surface area contributed by atoms with Gasteiger partial charge in [-0.2, -0.15) is 0 Å². The van der Waals surface area contributed by atoms with Gasteiger partial charge >= 0.3 is 0 Å². The van der Waals surface area contributed by atoms with Gasteiger partial charge in [-0.3, -0.25) is 19.5 Å². The molecule has 0 aliphatic carbocycles. The van der Waals surface area contributed by atoms with Gasteiger partial charge in [0.25, 0.3) is 11.2 Å². The molecule has 0 radical (unpaired) electrons. The van der Waals surface area contributed by atoms with Crippen LogP contribution in [0.5, 0.6) is 0 Å². The molecule has 7 heteroatoms. The maximum Gasteiger partial charge on any atom is 0.274 e. The van der Waals surface area contributed by atoms with Gasteiger partial charge < -0.3 is 0 Å². The fourth-order valence-corrected chi connectivity index (χ4v) is 3.73. The third-order valence-corrected chi connectivity index (χ3v) is 5.04. The van der Waals surface area contributed by atoms with Gasteiger partial charge in [-0.05, 0) is 37.3 Å². The molecule has 5 rings (SSSR count). The van der Waals surface area contributed by atoms with E-state index in [0.29, 0.717) is 33.4 Å². The molecule has 0 amide bonds. The van der Waals surface area contributed by atoms with Crippen LogP contribution in [0.15, 0.2) is 71.5 Å². The number of nitrogens with zero attached hydrogens (tertiary/aromatic N) is 4. The van der Waals surface area contributed by atoms with Crippen molar-refractivity contribution in [2.75, 3.05) is 0 Å². The minimum atomic E-state index is -0.401. The summed E-state index contributed by atoms with van der Waals surface area (Å²) in [5.41, 5.74) is 3.03. The van der Waals surface area contributed by atoms with E-state index in [1.54, 1.807) is 35.6 Å². The highest BCUT2D eigenvalue weighted by atomic mass is 16.6. The summed E-state index contributed by atoms with van der Waals surface area (Å²) in [5.74, 6) is 0.425. The first-order chi connectivity index (χ1) is 13.6. The van der Waals surface area contributed by atoms with Crippen molar-refractivity contribution < 1.29 is 4.92 Å². The highest BCUT2D eigenvalue weighted by Crippen LogP contribution is 2.30. The van der Waals surface area contributed by atoms with Gasteiger partial charge in [0.1, 0.15) is 0 Å². The molecular formula is C21H14N4O3. The largest absolute Gasteiger partial charge is 0.278 e. The van der Waals surface area contributed by atoms with Crippen molar-refractivity contribution in [3.05, 3.63) is 92.8 Å². The number of hydrogen-bond acceptors (Lipinski definition) is 4. The number of benzene rings is 3. The van der Waals surface area contributed by atoms with Crippen LogP contribution in [-0.4, -0.2) is 18.9 Å². The first-order valence-corrected chi connectivity index (χ1v) is 8.73. The molecule has 0 bridgehead atoms. The summed E-state index contributed by atoms with van der Waals surface area (Å²) in [6.07, 6.45) is 0. The smallest absolute Gasteiger partial charge is 0.274 e. The lowest BCUT2D eigenvalue weighted by atomic mass is 10.1. The molecule has 0 fully saturated rings. The Morgan fingerprint density at radius 3 is 2.43 bits per heavy atom. The van der Waals surface area contributed by atoms with Gasteiger partial charge in [0, 0.05) is 6.07 Å². The Labute approximate surface area is 158 Å². The normalized spacial score (nSPS) is 11.5. The Balaban J connectivity index is 2.04. The molecule has 0 saturated carbocycles. The Bertz CT molecular complexity index is 1480. The summed E-state index contributed by atoms with van der Waals surface area (Å²) in [7, 11) is 0. The lowest BCUT2D eigenvalue weighted by Crippen LogP contribution is -2.15. The third kappa shape index (κ3) is 2.10. The first-order valence-electron chi connectivity index (χ1n) is 8.73. The summed E-state index contributed by atoms with van der Waals surface area (Å²) in [6, 6.07) is 19.6. The molecule has 0 atom stereocenters. The minimum Gasteiger partial charge on any atom is -0.278 e. The van der Waals surface area contributed by atoms with Gasteiger partial charge in [-0.25, -0.2) is 9.38 Å². The Hall–Kier alpha value is -4.00. The van der Waals surface area contributed by atoms with Crippen LogP contribution in [-0.2, 0) is 0 Å². The maximum atomic E-state index is 13.2. The lowest BCUT2D eigenvalue weighted by Gasteiger charge is -2.10. The molecule has 0 spiro atoms. The van der Waals surface area contributed by atoms with Crippen molar-refractivity contribution in [2.45, 2.75) is 6.92 Å². The standard InChI is InChI=1S/C21H14N4O3/c1-13-16(11-6-12-17(13)25(27)28)23-18-9-4-5-10-19(18)24-20(26)14-7-2-3-8-15(14)22-21(23)24/h2-12H,1H3. The van der Waals surface area contributed by atoms with Crippen LogP contribution in [0.3, 0.4) is 0 Å². The van der Waals surface area contributed by atoms with E-state index in [4.69, 9.17) is 4.98 Å². The van der Waals surface area contributed by atoms with Crippen LogP contribution in [0.1, 0.15) is 5.56 Å². The summed E-state index contributed by atoms with van der Waals surface area (Å²) in [5, 5.41) is 12.0. The number of hydrogen-bond donors (Lipinski definition) is 0. The van der Waals surface area contributed by atoms with Gasteiger partial charge in [0.15, 0.2) is 0 Å². The van der Waals surface area contributed by atoms with E-state index in [-0.39, 0.29) is 11.2 Å². The van der Waals surface area contributed by atoms with Crippen LogP contribution in [0, 0.1) is 17.0 Å². The van der Waals surface area contributed by atoms with Crippen molar-refractivity contribution >= 4 is 33.4 Å². The second-order valence-corrected chi connectivity index (χ2v) is 6.57. The predicted octanol–water partition coefficient (Wildman–Crippen LogP) is 4.01. The number of nitro benzene ring substituents is 1. The molecule has 0 saturated heterocycles. The molecule has 0 N–H and O–H groups in total. The van der Waals surface area contributed by atoms with E-state index in [9.17, 15) is 14.9 Å². The van der Waals surface area contributed by atoms with Crippen molar-refractivity contribution in [1.82, 2.24) is 14.0 Å². The molecule has 28 heavy (non-hydrogen) atoms. The van der Waals surface area contributed by atoms with Crippen molar-refractivity contribution in [3.63, 3.8) is 0 Å². The molecule has 0 unspecified atom stereocenters. The average Bonchev–Trinajstić information content (AvgIpc) is 3.02. The molecular weight excluding hydrogens is 356 g/mol. The van der Waals surface area contributed by atoms with E-state index < -0.39 is 4.92 Å². The Kier molecular flexibility index (Phi) is 3.33. The van der Waals surface area contributed by atoms with E-state index in [2.05, 4.69) is 0 Å². The number of nitro groups is 1. The fraction of sp³-hybridized carbons (Fsp3) is 0.0476. The Morgan fingerprint density at radius 2 is 1.64 bits per heavy atom. The second kappa shape index (κ2) is 5.75. The van der Waals surface area contributed by atoms with Gasteiger partial charge in [0.05, 0.1) is 38.1 Å². The monoisotopic (exact) mass is 370 g/mol. The molecule has 3 aromatic carbocycles. The Morgan fingerprint density at radius 1 is 0.929 bits per heavy atom. The fourth-order valence-electron chi connectivity index (χ4n) is 3.73. The molecule has 0 aliphatic rings. The van der Waals surface area contributed by atoms with Crippen LogP contribution in [0.2, 0.25) is 0 Å². The number of para-hydroxylation sites is 3. The minimum absolute atomic E-state index is 0.0246. The SMILES string of the molecule is Cc1c(-n2c3ccccc3n3c(=O)c4ccccc4nc23)cccc1[N+](=O)[O-]. The van der Waals surface area contributed by atoms with Crippen LogP contribution < -0.4 is 5.56 Å². The van der Waals surface area contributed by atoms with Crippen molar-refractivity contribution in [1.29, 1.82) is 0 Å². The van der Waals surface area contributed by atoms with Crippen LogP contribution >= 0.6 is 0 Å². The highest BCUT2D eigenvalue weighted by molar-refractivity contribution is 5.88. The molecule has 0 aliphatic heterocycles. The number of aromatic nitrogens is 3. The van der Waals surface area contributed by atoms with Gasteiger partial charge in [-0.1, -0.05) is 30.3 Å². The molecule has 7 nitrogen and oxygen atoms in total. The summed E-state index contributed by atoms with van der Waals surface area (Å²) in [4.78, 5) is 29.0. The van der Waals surface area contributed by atoms with E-state index in [1.807, 2.05) is 41.0 Å². The van der Waals surface area contributed by atoms with Crippen LogP contribution in [0.4, 0.5) is 5.69 Å². The first kappa shape index (κ1) is 16.2. The zero-order chi connectivity index (χ0) is 19.4. The van der Waals surface area contributed by atoms with Crippen molar-refractivity contribution in [2.24, 2.45) is 0 Å². The molecule has 2 aromatic heterocycles. The quantitative estimate of drug-likeness (QED) is 0.347. The van der Waals surface area contributed by atoms with Crippen molar-refractivity contribution in [3.8, 4) is 5.69 Å². The van der Waals surface area contributed by atoms with E-state index in [0.717, 1.165) is 5.52 Å². The van der Waals surface area contributed by atoms with Crippen LogP contribution in [0.25, 0.3) is 33.4 Å². The number of rotatable bonds is 2. The highest BCUT2D eigenvalue weighted by Gasteiger charge is 2.21.